The summed E-state index contributed by atoms with van der Waals surface area (Å²) in [6.45, 7) is 3.23. The number of aliphatic hydroxyl groups excluding tert-OH is 1. The maximum Gasteiger partial charge on any atom is 0.0965 e. The van der Waals surface area contributed by atoms with Crippen LogP contribution in [0.5, 0.6) is 0 Å². The van der Waals surface area contributed by atoms with Gasteiger partial charge in [0.2, 0.25) is 0 Å². The Kier molecular flexibility index (Phi) is 4.90. The molecular formula is C13H17ClN4O. The number of hydrogen-bond acceptors (Lipinski definition) is 4. The van der Waals surface area contributed by atoms with Gasteiger partial charge in [-0.25, -0.2) is 4.68 Å². The number of nitrogens with zero attached hydrogens (tertiary/aromatic N) is 3. The van der Waals surface area contributed by atoms with Crippen LogP contribution >= 0.6 is 11.6 Å². The lowest BCUT2D eigenvalue weighted by Crippen LogP contribution is -2.18. The van der Waals surface area contributed by atoms with Gasteiger partial charge in [0.15, 0.2) is 0 Å². The third kappa shape index (κ3) is 4.02. The maximum absolute atomic E-state index is 8.81. The van der Waals surface area contributed by atoms with Crippen LogP contribution in [0, 0.1) is 0 Å². The predicted molar refractivity (Wildman–Crippen MR) is 73.8 cm³/mol. The maximum atomic E-state index is 8.81. The Morgan fingerprint density at radius 1 is 1.47 bits per heavy atom. The molecule has 2 rings (SSSR count). The molecule has 1 unspecified atom stereocenters. The van der Waals surface area contributed by atoms with E-state index in [1.165, 1.54) is 0 Å². The Labute approximate surface area is 117 Å². The highest BCUT2D eigenvalue weighted by atomic mass is 35.5. The summed E-state index contributed by atoms with van der Waals surface area (Å²) >= 11 is 5.97. The van der Waals surface area contributed by atoms with Crippen LogP contribution in [0.1, 0.15) is 24.2 Å². The van der Waals surface area contributed by atoms with Gasteiger partial charge in [0.05, 0.1) is 18.8 Å². The molecule has 5 nitrogen and oxygen atoms in total. The van der Waals surface area contributed by atoms with Crippen molar-refractivity contribution in [1.82, 2.24) is 20.3 Å². The van der Waals surface area contributed by atoms with Crippen molar-refractivity contribution in [3.05, 3.63) is 46.7 Å². The number of benzene rings is 1. The molecule has 0 fully saturated rings. The molecule has 102 valence electrons. The highest BCUT2D eigenvalue weighted by Crippen LogP contribution is 2.17. The molecule has 0 saturated heterocycles. The monoisotopic (exact) mass is 280 g/mol. The van der Waals surface area contributed by atoms with Crippen LogP contribution in [-0.2, 0) is 13.1 Å². The van der Waals surface area contributed by atoms with E-state index < -0.39 is 0 Å². The topological polar surface area (TPSA) is 63.0 Å². The fourth-order valence-electron chi connectivity index (χ4n) is 1.78. The molecular weight excluding hydrogens is 264 g/mol. The summed E-state index contributed by atoms with van der Waals surface area (Å²) < 4.78 is 1.63. The second-order valence-electron chi connectivity index (χ2n) is 4.35. The molecule has 2 N–H and O–H groups in total. The fraction of sp³-hybridized carbons (Fsp3) is 0.385. The van der Waals surface area contributed by atoms with Crippen LogP contribution in [0.3, 0.4) is 0 Å². The first-order valence-electron chi connectivity index (χ1n) is 6.18. The van der Waals surface area contributed by atoms with E-state index >= 15 is 0 Å². The van der Waals surface area contributed by atoms with Gasteiger partial charge in [0, 0.05) is 23.8 Å². The molecule has 6 heteroatoms. The Morgan fingerprint density at radius 2 is 2.32 bits per heavy atom. The van der Waals surface area contributed by atoms with E-state index in [2.05, 4.69) is 22.6 Å². The molecule has 0 aliphatic heterocycles. The molecule has 1 heterocycles. The smallest absolute Gasteiger partial charge is 0.0965 e. The molecule has 1 aromatic heterocycles. The third-order valence-corrected chi connectivity index (χ3v) is 3.09. The van der Waals surface area contributed by atoms with Gasteiger partial charge in [0.25, 0.3) is 0 Å². The van der Waals surface area contributed by atoms with Crippen LogP contribution in [0.2, 0.25) is 5.02 Å². The van der Waals surface area contributed by atoms with Gasteiger partial charge < -0.3 is 10.4 Å². The summed E-state index contributed by atoms with van der Waals surface area (Å²) in [4.78, 5) is 0. The molecule has 0 spiro atoms. The summed E-state index contributed by atoms with van der Waals surface area (Å²) in [6.07, 6.45) is 1.83. The predicted octanol–water partition coefficient (Wildman–Crippen LogP) is 1.77. The number of nitrogens with one attached hydrogen (secondary N) is 1. The van der Waals surface area contributed by atoms with E-state index in [1.807, 2.05) is 30.5 Å². The molecule has 0 saturated carbocycles. The summed E-state index contributed by atoms with van der Waals surface area (Å²) in [7, 11) is 0. The van der Waals surface area contributed by atoms with Crippen molar-refractivity contribution in [2.75, 3.05) is 6.61 Å². The minimum absolute atomic E-state index is 0.0646. The van der Waals surface area contributed by atoms with Crippen LogP contribution in [0.15, 0.2) is 30.5 Å². The standard InChI is InChI=1S/C13H17ClN4O/c1-10(11-3-2-4-12(14)7-11)15-8-13-9-18(5-6-19)17-16-13/h2-4,7,9-10,15,19H,5-6,8H2,1H3. The van der Waals surface area contributed by atoms with Crippen molar-refractivity contribution in [1.29, 1.82) is 0 Å². The van der Waals surface area contributed by atoms with Gasteiger partial charge in [-0.1, -0.05) is 28.9 Å². The zero-order chi connectivity index (χ0) is 13.7. The van der Waals surface area contributed by atoms with E-state index in [-0.39, 0.29) is 12.6 Å². The Morgan fingerprint density at radius 3 is 3.05 bits per heavy atom. The number of aromatic nitrogens is 3. The van der Waals surface area contributed by atoms with E-state index in [9.17, 15) is 0 Å². The second kappa shape index (κ2) is 6.65. The molecule has 0 bridgehead atoms. The number of rotatable bonds is 6. The number of hydrogen-bond donors (Lipinski definition) is 2. The Hall–Kier alpha value is -1.43. The highest BCUT2D eigenvalue weighted by molar-refractivity contribution is 6.30. The van der Waals surface area contributed by atoms with Crippen molar-refractivity contribution < 1.29 is 5.11 Å². The van der Waals surface area contributed by atoms with E-state index in [0.29, 0.717) is 13.1 Å². The lowest BCUT2D eigenvalue weighted by molar-refractivity contribution is 0.268. The third-order valence-electron chi connectivity index (χ3n) is 2.85. The first-order chi connectivity index (χ1) is 9.19. The zero-order valence-corrected chi connectivity index (χ0v) is 11.5. The minimum Gasteiger partial charge on any atom is -0.394 e. The second-order valence-corrected chi connectivity index (χ2v) is 4.79. The molecule has 0 radical (unpaired) electrons. The number of halogens is 1. The Bertz CT molecular complexity index is 529. The zero-order valence-electron chi connectivity index (χ0n) is 10.8. The first kappa shape index (κ1) is 14.0. The van der Waals surface area contributed by atoms with Crippen molar-refractivity contribution in [3.63, 3.8) is 0 Å². The summed E-state index contributed by atoms with van der Waals surface area (Å²) in [5.74, 6) is 0. The molecule has 0 amide bonds. The lowest BCUT2D eigenvalue weighted by Gasteiger charge is -2.13. The largest absolute Gasteiger partial charge is 0.394 e. The van der Waals surface area contributed by atoms with Crippen molar-refractivity contribution in [2.24, 2.45) is 0 Å². The van der Waals surface area contributed by atoms with Gasteiger partial charge in [-0.05, 0) is 24.6 Å². The normalized spacial score (nSPS) is 12.6. The van der Waals surface area contributed by atoms with Crippen LogP contribution in [0.25, 0.3) is 0 Å². The van der Waals surface area contributed by atoms with E-state index in [0.717, 1.165) is 16.3 Å². The molecule has 19 heavy (non-hydrogen) atoms. The van der Waals surface area contributed by atoms with Gasteiger partial charge in [0.1, 0.15) is 0 Å². The molecule has 2 aromatic rings. The lowest BCUT2D eigenvalue weighted by atomic mass is 10.1. The SMILES string of the molecule is CC(NCc1cn(CCO)nn1)c1cccc(Cl)c1. The first-order valence-corrected chi connectivity index (χ1v) is 6.55. The van der Waals surface area contributed by atoms with Crippen LogP contribution in [0.4, 0.5) is 0 Å². The fourth-order valence-corrected chi connectivity index (χ4v) is 1.98. The van der Waals surface area contributed by atoms with Crippen LogP contribution < -0.4 is 5.32 Å². The molecule has 1 atom stereocenters. The molecule has 1 aromatic carbocycles. The average Bonchev–Trinajstić information content (AvgIpc) is 2.84. The van der Waals surface area contributed by atoms with E-state index in [4.69, 9.17) is 16.7 Å². The van der Waals surface area contributed by atoms with Gasteiger partial charge in [-0.15, -0.1) is 5.10 Å². The molecule has 0 aliphatic carbocycles. The highest BCUT2D eigenvalue weighted by Gasteiger charge is 2.07. The summed E-state index contributed by atoms with van der Waals surface area (Å²) in [5.41, 5.74) is 1.98. The Balaban J connectivity index is 1.90. The average molecular weight is 281 g/mol. The van der Waals surface area contributed by atoms with Crippen molar-refractivity contribution in [2.45, 2.75) is 26.1 Å². The summed E-state index contributed by atoms with van der Waals surface area (Å²) in [6, 6.07) is 7.96. The van der Waals surface area contributed by atoms with Crippen molar-refractivity contribution >= 4 is 11.6 Å². The van der Waals surface area contributed by atoms with Gasteiger partial charge >= 0.3 is 0 Å². The minimum atomic E-state index is 0.0646. The van der Waals surface area contributed by atoms with Gasteiger partial charge in [-0.2, -0.15) is 0 Å². The number of aliphatic hydroxyl groups is 1. The molecule has 0 aliphatic rings. The van der Waals surface area contributed by atoms with Crippen LogP contribution in [-0.4, -0.2) is 26.7 Å². The summed E-state index contributed by atoms with van der Waals surface area (Å²) in [5, 5.41) is 20.8. The van der Waals surface area contributed by atoms with E-state index in [1.54, 1.807) is 4.68 Å². The quantitative estimate of drug-likeness (QED) is 0.847. The van der Waals surface area contributed by atoms with Crippen molar-refractivity contribution in [3.8, 4) is 0 Å². The van der Waals surface area contributed by atoms with Gasteiger partial charge in [-0.3, -0.25) is 0 Å².